The van der Waals surface area contributed by atoms with E-state index in [1.807, 2.05) is 0 Å². The molecule has 1 aromatic carbocycles. The van der Waals surface area contributed by atoms with Crippen LogP contribution in [-0.2, 0) is 22.3 Å². The van der Waals surface area contributed by atoms with Gasteiger partial charge in [-0.1, -0.05) is 12.1 Å². The largest absolute Gasteiger partial charge is 0.416 e. The van der Waals surface area contributed by atoms with Crippen LogP contribution in [0.2, 0.25) is 0 Å². The number of likely N-dealkylation sites (tertiary alicyclic amines) is 1. The maximum Gasteiger partial charge on any atom is 0.416 e. The van der Waals surface area contributed by atoms with Crippen LogP contribution in [0, 0.1) is 5.92 Å². The number of amides is 1. The lowest BCUT2D eigenvalue weighted by Crippen LogP contribution is -2.25. The zero-order chi connectivity index (χ0) is 14.9. The molecular formula is C14H14F3NO2. The number of alkyl halides is 3. The van der Waals surface area contributed by atoms with E-state index in [0.717, 1.165) is 12.1 Å². The lowest BCUT2D eigenvalue weighted by atomic mass is 10.1. The molecule has 1 aliphatic rings. The van der Waals surface area contributed by atoms with Crippen LogP contribution < -0.4 is 0 Å². The van der Waals surface area contributed by atoms with Crippen molar-refractivity contribution in [3.8, 4) is 0 Å². The maximum absolute atomic E-state index is 12.4. The van der Waals surface area contributed by atoms with Gasteiger partial charge in [0.05, 0.1) is 5.56 Å². The van der Waals surface area contributed by atoms with E-state index < -0.39 is 11.7 Å². The summed E-state index contributed by atoms with van der Waals surface area (Å²) in [6.07, 6.45) is -4.17. The summed E-state index contributed by atoms with van der Waals surface area (Å²) in [5, 5.41) is 0. The lowest BCUT2D eigenvalue weighted by molar-refractivity contribution is -0.137. The smallest absolute Gasteiger partial charge is 0.338 e. The van der Waals surface area contributed by atoms with Gasteiger partial charge in [-0.2, -0.15) is 13.2 Å². The van der Waals surface area contributed by atoms with Crippen LogP contribution in [0.25, 0.3) is 0 Å². The molecule has 0 aromatic heterocycles. The molecule has 108 valence electrons. The van der Waals surface area contributed by atoms with Crippen LogP contribution in [0.4, 0.5) is 13.2 Å². The van der Waals surface area contributed by atoms with Crippen LogP contribution in [0.3, 0.4) is 0 Å². The number of Topliss-reactive ketones (excluding diaryl/α,β-unsaturated/α-hetero) is 1. The second-order valence-electron chi connectivity index (χ2n) is 4.98. The van der Waals surface area contributed by atoms with Crippen molar-refractivity contribution < 1.29 is 22.8 Å². The molecule has 1 aliphatic heterocycles. The summed E-state index contributed by atoms with van der Waals surface area (Å²) in [5.41, 5.74) is -0.0915. The van der Waals surface area contributed by atoms with Gasteiger partial charge in [0, 0.05) is 25.4 Å². The van der Waals surface area contributed by atoms with Gasteiger partial charge in [0.25, 0.3) is 0 Å². The molecule has 0 radical (unpaired) electrons. The highest BCUT2D eigenvalue weighted by atomic mass is 19.4. The van der Waals surface area contributed by atoms with E-state index in [0.29, 0.717) is 12.1 Å². The van der Waals surface area contributed by atoms with Crippen molar-refractivity contribution in [2.45, 2.75) is 26.1 Å². The molecule has 1 fully saturated rings. The molecule has 0 aliphatic carbocycles. The Balaban J connectivity index is 2.04. The van der Waals surface area contributed by atoms with E-state index in [4.69, 9.17) is 0 Å². The maximum atomic E-state index is 12.4. The SMILES string of the molecule is CC(=O)C1CC(=O)N(Cc2ccc(C(F)(F)F)cc2)C1. The fraction of sp³-hybridized carbons (Fsp3) is 0.429. The molecule has 1 heterocycles. The lowest BCUT2D eigenvalue weighted by Gasteiger charge is -2.16. The number of carbonyl (C=O) groups is 2. The molecule has 1 amide bonds. The summed E-state index contributed by atoms with van der Waals surface area (Å²) in [4.78, 5) is 24.5. The Labute approximate surface area is 114 Å². The van der Waals surface area contributed by atoms with E-state index in [1.165, 1.54) is 24.0 Å². The summed E-state index contributed by atoms with van der Waals surface area (Å²) in [6, 6.07) is 4.71. The average Bonchev–Trinajstić information content (AvgIpc) is 2.71. The highest BCUT2D eigenvalue weighted by molar-refractivity contribution is 5.89. The van der Waals surface area contributed by atoms with Gasteiger partial charge < -0.3 is 4.90 Å². The predicted octanol–water partition coefficient (Wildman–Crippen LogP) is 2.64. The molecule has 1 atom stereocenters. The highest BCUT2D eigenvalue weighted by Crippen LogP contribution is 2.29. The first kappa shape index (κ1) is 14.6. The fourth-order valence-electron chi connectivity index (χ4n) is 2.22. The number of benzene rings is 1. The molecule has 0 saturated carbocycles. The van der Waals surface area contributed by atoms with Crippen LogP contribution in [-0.4, -0.2) is 23.1 Å². The van der Waals surface area contributed by atoms with Crippen molar-refractivity contribution >= 4 is 11.7 Å². The van der Waals surface area contributed by atoms with Gasteiger partial charge in [0.1, 0.15) is 5.78 Å². The summed E-state index contributed by atoms with van der Waals surface area (Å²) in [6.45, 7) is 2.02. The Morgan fingerprint density at radius 2 is 1.90 bits per heavy atom. The van der Waals surface area contributed by atoms with E-state index in [2.05, 4.69) is 0 Å². The Kier molecular flexibility index (Phi) is 3.83. The van der Waals surface area contributed by atoms with Crippen molar-refractivity contribution in [2.24, 2.45) is 5.92 Å². The summed E-state index contributed by atoms with van der Waals surface area (Å²) < 4.78 is 37.3. The number of nitrogens with zero attached hydrogens (tertiary/aromatic N) is 1. The molecule has 1 saturated heterocycles. The molecule has 0 N–H and O–H groups in total. The summed E-state index contributed by atoms with van der Waals surface area (Å²) in [7, 11) is 0. The predicted molar refractivity (Wildman–Crippen MR) is 65.6 cm³/mol. The minimum atomic E-state index is -4.36. The number of halogens is 3. The van der Waals surface area contributed by atoms with Crippen molar-refractivity contribution in [1.82, 2.24) is 4.90 Å². The van der Waals surface area contributed by atoms with Gasteiger partial charge >= 0.3 is 6.18 Å². The third-order valence-corrected chi connectivity index (χ3v) is 3.44. The molecule has 6 heteroatoms. The minimum Gasteiger partial charge on any atom is -0.338 e. The molecule has 20 heavy (non-hydrogen) atoms. The molecule has 2 rings (SSSR count). The van der Waals surface area contributed by atoms with Gasteiger partial charge in [-0.3, -0.25) is 9.59 Å². The van der Waals surface area contributed by atoms with E-state index >= 15 is 0 Å². The Morgan fingerprint density at radius 3 is 2.35 bits per heavy atom. The molecule has 1 aromatic rings. The number of rotatable bonds is 3. The van der Waals surface area contributed by atoms with Crippen LogP contribution in [0.5, 0.6) is 0 Å². The summed E-state index contributed by atoms with van der Waals surface area (Å²) >= 11 is 0. The fourth-order valence-corrected chi connectivity index (χ4v) is 2.22. The first-order valence-electron chi connectivity index (χ1n) is 6.21. The topological polar surface area (TPSA) is 37.4 Å². The second kappa shape index (κ2) is 5.26. The first-order chi connectivity index (χ1) is 9.27. The number of ketones is 1. The number of hydrogen-bond donors (Lipinski definition) is 0. The van der Waals surface area contributed by atoms with E-state index in [-0.39, 0.29) is 30.6 Å². The van der Waals surface area contributed by atoms with Crippen molar-refractivity contribution in [3.63, 3.8) is 0 Å². The quantitative estimate of drug-likeness (QED) is 0.856. The van der Waals surface area contributed by atoms with Crippen molar-refractivity contribution in [3.05, 3.63) is 35.4 Å². The molecule has 3 nitrogen and oxygen atoms in total. The van der Waals surface area contributed by atoms with Crippen molar-refractivity contribution in [1.29, 1.82) is 0 Å². The van der Waals surface area contributed by atoms with Crippen LogP contribution >= 0.6 is 0 Å². The van der Waals surface area contributed by atoms with Gasteiger partial charge in [-0.15, -0.1) is 0 Å². The van der Waals surface area contributed by atoms with Crippen molar-refractivity contribution in [2.75, 3.05) is 6.54 Å². The number of carbonyl (C=O) groups excluding carboxylic acids is 2. The third-order valence-electron chi connectivity index (χ3n) is 3.44. The third kappa shape index (κ3) is 3.18. The normalized spacial score (nSPS) is 19.5. The first-order valence-corrected chi connectivity index (χ1v) is 6.21. The highest BCUT2D eigenvalue weighted by Gasteiger charge is 2.33. The summed E-state index contributed by atoms with van der Waals surface area (Å²) in [5.74, 6) is -0.463. The molecular weight excluding hydrogens is 271 g/mol. The molecule has 0 spiro atoms. The van der Waals surface area contributed by atoms with E-state index in [9.17, 15) is 22.8 Å². The van der Waals surface area contributed by atoms with Crippen LogP contribution in [0.15, 0.2) is 24.3 Å². The Bertz CT molecular complexity index is 522. The molecule has 0 bridgehead atoms. The standard InChI is InChI=1S/C14H14F3NO2/c1-9(19)11-6-13(20)18(8-11)7-10-2-4-12(5-3-10)14(15,16)17/h2-5,11H,6-8H2,1H3. The second-order valence-corrected chi connectivity index (χ2v) is 4.98. The molecule has 1 unspecified atom stereocenters. The van der Waals surface area contributed by atoms with E-state index in [1.54, 1.807) is 0 Å². The van der Waals surface area contributed by atoms with Gasteiger partial charge in [-0.05, 0) is 24.6 Å². The number of hydrogen-bond acceptors (Lipinski definition) is 2. The van der Waals surface area contributed by atoms with Gasteiger partial charge in [0.2, 0.25) is 5.91 Å². The van der Waals surface area contributed by atoms with Gasteiger partial charge in [0.15, 0.2) is 0 Å². The Morgan fingerprint density at radius 1 is 1.30 bits per heavy atom. The Hall–Kier alpha value is -1.85. The zero-order valence-electron chi connectivity index (χ0n) is 10.9. The average molecular weight is 285 g/mol. The monoisotopic (exact) mass is 285 g/mol. The minimum absolute atomic E-state index is 0.0340. The van der Waals surface area contributed by atoms with Gasteiger partial charge in [-0.25, -0.2) is 0 Å². The van der Waals surface area contributed by atoms with Crippen LogP contribution in [0.1, 0.15) is 24.5 Å². The zero-order valence-corrected chi connectivity index (χ0v) is 10.9.